The first-order valence-corrected chi connectivity index (χ1v) is 14.9. The third kappa shape index (κ3) is 6.78. The van der Waals surface area contributed by atoms with E-state index in [-0.39, 0.29) is 40.2 Å². The maximum atomic E-state index is 12.8. The molecule has 1 amide bonds. The first kappa shape index (κ1) is 25.2. The number of hydrogen-bond acceptors (Lipinski definition) is 5. The molecule has 0 spiro atoms. The molecule has 1 aromatic rings. The van der Waals surface area contributed by atoms with Gasteiger partial charge in [-0.3, -0.25) is 4.79 Å². The van der Waals surface area contributed by atoms with Crippen LogP contribution in [0.2, 0.25) is 0 Å². The highest BCUT2D eigenvalue weighted by Gasteiger charge is 2.28. The Hall–Kier alpha value is -1.45. The predicted molar refractivity (Wildman–Crippen MR) is 126 cm³/mol. The van der Waals surface area contributed by atoms with Crippen molar-refractivity contribution >= 4 is 25.8 Å². The number of piperidine rings is 1. The molecule has 0 atom stereocenters. The molecular weight excluding hydrogens is 448 g/mol. The van der Waals surface area contributed by atoms with Crippen LogP contribution in [0.3, 0.4) is 0 Å². The molecule has 1 aliphatic heterocycles. The summed E-state index contributed by atoms with van der Waals surface area (Å²) >= 11 is 0. The molecule has 2 fully saturated rings. The highest BCUT2D eigenvalue weighted by molar-refractivity contribution is 7.92. The van der Waals surface area contributed by atoms with E-state index < -0.39 is 19.9 Å². The van der Waals surface area contributed by atoms with Gasteiger partial charge in [-0.2, -0.15) is 0 Å². The van der Waals surface area contributed by atoms with Crippen LogP contribution in [0.5, 0.6) is 0 Å². The molecule has 0 radical (unpaired) electrons. The third-order valence-corrected chi connectivity index (χ3v) is 10.5. The quantitative estimate of drug-likeness (QED) is 0.611. The highest BCUT2D eigenvalue weighted by Crippen LogP contribution is 2.23. The van der Waals surface area contributed by atoms with Crippen LogP contribution < -0.4 is 4.72 Å². The minimum absolute atomic E-state index is 0.0140. The number of hydrogen-bond donors (Lipinski definition) is 1. The third-order valence-electron chi connectivity index (χ3n) is 6.64. The molecule has 7 nitrogen and oxygen atoms in total. The Balaban J connectivity index is 1.56. The van der Waals surface area contributed by atoms with Crippen molar-refractivity contribution in [2.45, 2.75) is 81.4 Å². The fourth-order valence-electron chi connectivity index (χ4n) is 4.49. The van der Waals surface area contributed by atoms with Gasteiger partial charge < -0.3 is 4.90 Å². The van der Waals surface area contributed by atoms with Crippen LogP contribution in [0.1, 0.15) is 64.4 Å². The molecule has 1 saturated carbocycles. The lowest BCUT2D eigenvalue weighted by Gasteiger charge is -2.32. The van der Waals surface area contributed by atoms with E-state index in [1.807, 2.05) is 0 Å². The van der Waals surface area contributed by atoms with Gasteiger partial charge in [0.1, 0.15) is 0 Å². The summed E-state index contributed by atoms with van der Waals surface area (Å²) in [5.74, 6) is 0.219. The van der Waals surface area contributed by atoms with Crippen LogP contribution in [0.4, 0.5) is 0 Å². The lowest BCUT2D eigenvalue weighted by molar-refractivity contribution is -0.131. The zero-order valence-corrected chi connectivity index (χ0v) is 20.8. The number of nitrogens with one attached hydrogen (secondary N) is 1. The van der Waals surface area contributed by atoms with Gasteiger partial charge in [0.05, 0.1) is 22.3 Å². The van der Waals surface area contributed by atoms with Gasteiger partial charge in [-0.05, 0) is 63.1 Å². The summed E-state index contributed by atoms with van der Waals surface area (Å²) in [6.07, 6.45) is 6.47. The van der Waals surface area contributed by atoms with Crippen LogP contribution in [0, 0.1) is 5.92 Å². The van der Waals surface area contributed by atoms with Gasteiger partial charge in [0.2, 0.25) is 15.9 Å². The Morgan fingerprint density at radius 2 is 1.69 bits per heavy atom. The maximum Gasteiger partial charge on any atom is 0.240 e. The summed E-state index contributed by atoms with van der Waals surface area (Å²) in [4.78, 5) is 14.8. The van der Waals surface area contributed by atoms with Crippen molar-refractivity contribution in [2.75, 3.05) is 18.8 Å². The highest BCUT2D eigenvalue weighted by atomic mass is 32.2. The molecule has 2 aliphatic rings. The maximum absolute atomic E-state index is 12.8. The number of amides is 1. The van der Waals surface area contributed by atoms with Crippen LogP contribution in [-0.2, 0) is 31.1 Å². The average Bonchev–Trinajstić information content (AvgIpc) is 2.74. The van der Waals surface area contributed by atoms with Gasteiger partial charge in [0.15, 0.2) is 9.84 Å². The summed E-state index contributed by atoms with van der Waals surface area (Å²) in [5, 5.41) is -0.377. The molecule has 3 rings (SSSR count). The Kier molecular flexibility index (Phi) is 8.38. The molecule has 1 heterocycles. The summed E-state index contributed by atoms with van der Waals surface area (Å²) in [6, 6.07) is 6.60. The van der Waals surface area contributed by atoms with E-state index in [0.29, 0.717) is 31.5 Å². The van der Waals surface area contributed by atoms with Crippen LogP contribution in [0.15, 0.2) is 29.2 Å². The zero-order chi connectivity index (χ0) is 23.4. The summed E-state index contributed by atoms with van der Waals surface area (Å²) in [7, 11) is -6.69. The number of nitrogens with zero attached hydrogens (tertiary/aromatic N) is 1. The minimum Gasteiger partial charge on any atom is -0.342 e. The van der Waals surface area contributed by atoms with Crippen LogP contribution in [0.25, 0.3) is 0 Å². The van der Waals surface area contributed by atoms with Crippen molar-refractivity contribution in [2.24, 2.45) is 5.92 Å². The molecule has 0 bridgehead atoms. The van der Waals surface area contributed by atoms with E-state index in [1.54, 1.807) is 43.0 Å². The van der Waals surface area contributed by atoms with Crippen molar-refractivity contribution in [1.29, 1.82) is 0 Å². The smallest absolute Gasteiger partial charge is 0.240 e. The number of rotatable bonds is 8. The van der Waals surface area contributed by atoms with Crippen molar-refractivity contribution in [3.8, 4) is 0 Å². The van der Waals surface area contributed by atoms with E-state index in [1.165, 1.54) is 0 Å². The standard InChI is InChI=1S/C23H36N2O5S2/c1-18(2)31(27,28)17-19-11-13-25(14-12-19)23(26)16-20-7-6-10-22(15-20)32(29,30)24-21-8-4-3-5-9-21/h6-7,10,15,18-19,21,24H,3-5,8-9,11-14,16-17H2,1-2H3. The molecule has 9 heteroatoms. The largest absolute Gasteiger partial charge is 0.342 e. The molecule has 1 aromatic carbocycles. The number of sulfonamides is 1. The first-order valence-electron chi connectivity index (χ1n) is 11.7. The Bertz CT molecular complexity index is 991. The molecule has 0 aromatic heterocycles. The Morgan fingerprint density at radius 1 is 1.03 bits per heavy atom. The van der Waals surface area contributed by atoms with Gasteiger partial charge in [-0.15, -0.1) is 0 Å². The molecular formula is C23H36N2O5S2. The molecule has 32 heavy (non-hydrogen) atoms. The van der Waals surface area contributed by atoms with Gasteiger partial charge in [-0.1, -0.05) is 31.4 Å². The lowest BCUT2D eigenvalue weighted by atomic mass is 9.96. The van der Waals surface area contributed by atoms with Gasteiger partial charge in [-0.25, -0.2) is 21.6 Å². The van der Waals surface area contributed by atoms with Crippen LogP contribution in [-0.4, -0.2) is 57.8 Å². The second-order valence-electron chi connectivity index (χ2n) is 9.48. The van der Waals surface area contributed by atoms with Crippen molar-refractivity contribution in [3.05, 3.63) is 29.8 Å². The van der Waals surface area contributed by atoms with E-state index in [9.17, 15) is 21.6 Å². The zero-order valence-electron chi connectivity index (χ0n) is 19.1. The molecule has 180 valence electrons. The number of sulfone groups is 1. The van der Waals surface area contributed by atoms with Crippen LogP contribution >= 0.6 is 0 Å². The topological polar surface area (TPSA) is 101 Å². The lowest BCUT2D eigenvalue weighted by Crippen LogP contribution is -2.41. The fourth-order valence-corrected chi connectivity index (χ4v) is 7.24. The second-order valence-corrected chi connectivity index (χ2v) is 13.8. The van der Waals surface area contributed by atoms with E-state index in [4.69, 9.17) is 0 Å². The monoisotopic (exact) mass is 484 g/mol. The number of carbonyl (C=O) groups is 1. The predicted octanol–water partition coefficient (Wildman–Crippen LogP) is 2.90. The summed E-state index contributed by atoms with van der Waals surface area (Å²) < 4.78 is 52.7. The van der Waals surface area contributed by atoms with Gasteiger partial charge >= 0.3 is 0 Å². The summed E-state index contributed by atoms with van der Waals surface area (Å²) in [6.45, 7) is 4.48. The molecule has 1 aliphatic carbocycles. The molecule has 1 saturated heterocycles. The minimum atomic E-state index is -3.61. The van der Waals surface area contributed by atoms with Crippen molar-refractivity contribution in [1.82, 2.24) is 9.62 Å². The fraction of sp³-hybridized carbons (Fsp3) is 0.696. The SMILES string of the molecule is CC(C)S(=O)(=O)CC1CCN(C(=O)Cc2cccc(S(=O)(=O)NC3CCCCC3)c2)CC1. The molecule has 0 unspecified atom stereocenters. The van der Waals surface area contributed by atoms with Crippen molar-refractivity contribution < 1.29 is 21.6 Å². The van der Waals surface area contributed by atoms with Gasteiger partial charge in [0.25, 0.3) is 0 Å². The average molecular weight is 485 g/mol. The van der Waals surface area contributed by atoms with E-state index >= 15 is 0 Å². The van der Waals surface area contributed by atoms with Gasteiger partial charge in [0, 0.05) is 19.1 Å². The van der Waals surface area contributed by atoms with Crippen molar-refractivity contribution in [3.63, 3.8) is 0 Å². The number of likely N-dealkylation sites (tertiary alicyclic amines) is 1. The summed E-state index contributed by atoms with van der Waals surface area (Å²) in [5.41, 5.74) is 0.672. The Labute approximate surface area is 192 Å². The molecule has 1 N–H and O–H groups in total. The first-order chi connectivity index (χ1) is 15.1. The second kappa shape index (κ2) is 10.7. The number of carbonyl (C=O) groups excluding carboxylic acids is 1. The number of benzene rings is 1. The Morgan fingerprint density at radius 3 is 2.31 bits per heavy atom. The normalized spacial score (nSPS) is 19.4. The van der Waals surface area contributed by atoms with E-state index in [2.05, 4.69) is 4.72 Å². The van der Waals surface area contributed by atoms with E-state index in [0.717, 1.165) is 32.1 Å².